The van der Waals surface area contributed by atoms with Crippen molar-refractivity contribution in [3.8, 4) is 5.75 Å². The summed E-state index contributed by atoms with van der Waals surface area (Å²) in [4.78, 5) is 27.0. The third kappa shape index (κ3) is 4.27. The van der Waals surface area contributed by atoms with Crippen LogP contribution in [-0.4, -0.2) is 30.5 Å². The fourth-order valence-corrected chi connectivity index (χ4v) is 3.60. The van der Waals surface area contributed by atoms with Gasteiger partial charge in [-0.15, -0.1) is 0 Å². The van der Waals surface area contributed by atoms with Crippen LogP contribution >= 0.6 is 0 Å². The summed E-state index contributed by atoms with van der Waals surface area (Å²) >= 11 is 0. The molecule has 3 amide bonds. The Morgan fingerprint density at radius 3 is 2.47 bits per heavy atom. The summed E-state index contributed by atoms with van der Waals surface area (Å²) < 4.78 is 5.26. The van der Waals surface area contributed by atoms with Gasteiger partial charge >= 0.3 is 6.03 Å². The van der Waals surface area contributed by atoms with Crippen molar-refractivity contribution < 1.29 is 14.3 Å². The van der Waals surface area contributed by atoms with E-state index in [9.17, 15) is 9.59 Å². The normalized spacial score (nSPS) is 12.6. The van der Waals surface area contributed by atoms with Gasteiger partial charge in [-0.2, -0.15) is 0 Å². The molecule has 30 heavy (non-hydrogen) atoms. The van der Waals surface area contributed by atoms with Crippen LogP contribution in [-0.2, 0) is 13.0 Å². The maximum Gasteiger partial charge on any atom is 0.323 e. The van der Waals surface area contributed by atoms with Gasteiger partial charge in [0.05, 0.1) is 12.8 Å². The Morgan fingerprint density at radius 2 is 1.67 bits per heavy atom. The molecule has 6 heteroatoms. The number of fused-ring (bicyclic) bond motifs is 1. The van der Waals surface area contributed by atoms with Gasteiger partial charge in [0.25, 0.3) is 5.91 Å². The number of carbonyl (C=O) groups is 2. The van der Waals surface area contributed by atoms with Crippen LogP contribution in [0.3, 0.4) is 0 Å². The minimum absolute atomic E-state index is 0.0218. The lowest BCUT2D eigenvalue weighted by molar-refractivity contribution is 0.0734. The number of hydrogen-bond acceptors (Lipinski definition) is 3. The summed E-state index contributed by atoms with van der Waals surface area (Å²) in [5.74, 6) is 0.613. The van der Waals surface area contributed by atoms with Crippen molar-refractivity contribution in [1.82, 2.24) is 4.90 Å². The Hall–Kier alpha value is -3.80. The number of urea groups is 1. The van der Waals surface area contributed by atoms with Gasteiger partial charge in [0.1, 0.15) is 5.75 Å². The number of nitrogens with zero attached hydrogens (tertiary/aromatic N) is 1. The predicted octanol–water partition coefficient (Wildman–Crippen LogP) is 4.54. The molecule has 6 nitrogen and oxygen atoms in total. The van der Waals surface area contributed by atoms with Gasteiger partial charge < -0.3 is 20.3 Å². The lowest BCUT2D eigenvalue weighted by Crippen LogP contribution is -2.36. The molecule has 0 aliphatic carbocycles. The number of hydrogen-bond donors (Lipinski definition) is 2. The Bertz CT molecular complexity index is 1070. The van der Waals surface area contributed by atoms with E-state index in [-0.39, 0.29) is 11.9 Å². The average molecular weight is 401 g/mol. The number of amides is 3. The van der Waals surface area contributed by atoms with Gasteiger partial charge in [-0.25, -0.2) is 4.79 Å². The molecule has 152 valence electrons. The van der Waals surface area contributed by atoms with Gasteiger partial charge in [-0.3, -0.25) is 4.79 Å². The van der Waals surface area contributed by atoms with Crippen LogP contribution in [0.2, 0.25) is 0 Å². The Balaban J connectivity index is 1.45. The molecule has 4 rings (SSSR count). The van der Waals surface area contributed by atoms with Gasteiger partial charge in [0.15, 0.2) is 0 Å². The van der Waals surface area contributed by atoms with Crippen molar-refractivity contribution in [3.63, 3.8) is 0 Å². The topological polar surface area (TPSA) is 70.7 Å². The van der Waals surface area contributed by atoms with E-state index in [0.29, 0.717) is 35.8 Å². The van der Waals surface area contributed by atoms with Crippen molar-refractivity contribution in [1.29, 1.82) is 0 Å². The van der Waals surface area contributed by atoms with Crippen LogP contribution in [0.15, 0.2) is 72.8 Å². The third-order valence-electron chi connectivity index (χ3n) is 5.14. The lowest BCUT2D eigenvalue weighted by Gasteiger charge is -2.29. The second-order valence-electron chi connectivity index (χ2n) is 7.11. The van der Waals surface area contributed by atoms with Crippen molar-refractivity contribution in [2.45, 2.75) is 13.0 Å². The van der Waals surface area contributed by atoms with E-state index in [1.54, 1.807) is 19.2 Å². The fraction of sp³-hybridized carbons (Fsp3) is 0.167. The molecular weight excluding hydrogens is 378 g/mol. The van der Waals surface area contributed by atoms with Gasteiger partial charge in [-0.05, 0) is 53.9 Å². The molecule has 0 atom stereocenters. The predicted molar refractivity (Wildman–Crippen MR) is 117 cm³/mol. The van der Waals surface area contributed by atoms with Crippen LogP contribution in [0, 0.1) is 0 Å². The fourth-order valence-electron chi connectivity index (χ4n) is 3.60. The summed E-state index contributed by atoms with van der Waals surface area (Å²) in [6, 6.07) is 22.0. The minimum Gasteiger partial charge on any atom is -0.495 e. The van der Waals surface area contributed by atoms with Gasteiger partial charge in [-0.1, -0.05) is 36.4 Å². The zero-order chi connectivity index (χ0) is 20.9. The van der Waals surface area contributed by atoms with Crippen LogP contribution < -0.4 is 15.4 Å². The quantitative estimate of drug-likeness (QED) is 0.674. The first-order valence-corrected chi connectivity index (χ1v) is 9.81. The van der Waals surface area contributed by atoms with E-state index in [4.69, 9.17) is 4.74 Å². The van der Waals surface area contributed by atoms with E-state index in [0.717, 1.165) is 12.0 Å². The van der Waals surface area contributed by atoms with Crippen molar-refractivity contribution >= 4 is 23.3 Å². The van der Waals surface area contributed by atoms with E-state index in [1.807, 2.05) is 65.6 Å². The summed E-state index contributed by atoms with van der Waals surface area (Å²) in [6.45, 7) is 1.20. The van der Waals surface area contributed by atoms with Gasteiger partial charge in [0.2, 0.25) is 0 Å². The number of carbonyl (C=O) groups excluding carboxylic acids is 2. The molecule has 2 N–H and O–H groups in total. The highest BCUT2D eigenvalue weighted by atomic mass is 16.5. The zero-order valence-corrected chi connectivity index (χ0v) is 16.7. The van der Waals surface area contributed by atoms with Crippen LogP contribution in [0.4, 0.5) is 16.2 Å². The highest BCUT2D eigenvalue weighted by molar-refractivity contribution is 6.00. The van der Waals surface area contributed by atoms with E-state index >= 15 is 0 Å². The number of anilines is 2. The molecule has 0 fully saturated rings. The molecule has 0 saturated carbocycles. The van der Waals surface area contributed by atoms with Gasteiger partial charge in [0, 0.05) is 24.3 Å². The molecule has 0 spiro atoms. The molecule has 3 aromatic carbocycles. The molecule has 3 aromatic rings. The summed E-state index contributed by atoms with van der Waals surface area (Å²) in [6.07, 6.45) is 0.793. The first-order chi connectivity index (χ1) is 14.6. The summed E-state index contributed by atoms with van der Waals surface area (Å²) in [7, 11) is 1.56. The molecule has 0 radical (unpaired) electrons. The second kappa shape index (κ2) is 8.69. The largest absolute Gasteiger partial charge is 0.495 e. The molecule has 0 saturated heterocycles. The Kier molecular flexibility index (Phi) is 5.66. The first kappa shape index (κ1) is 19.5. The highest BCUT2D eigenvalue weighted by Crippen LogP contribution is 2.25. The standard InChI is InChI=1S/C24H23N3O3/c1-30-22-10-6-5-9-21(22)26-24(29)25-20-12-11-17-13-14-27(16-19(17)15-20)23(28)18-7-3-2-4-8-18/h2-12,15H,13-14,16H2,1H3,(H2,25,26,29). The van der Waals surface area contributed by atoms with Crippen molar-refractivity contribution in [2.75, 3.05) is 24.3 Å². The molecule has 1 aliphatic heterocycles. The van der Waals surface area contributed by atoms with Crippen LogP contribution in [0.5, 0.6) is 5.75 Å². The number of nitrogens with one attached hydrogen (secondary N) is 2. The maximum absolute atomic E-state index is 12.8. The average Bonchev–Trinajstić information content (AvgIpc) is 2.79. The first-order valence-electron chi connectivity index (χ1n) is 9.81. The van der Waals surface area contributed by atoms with Crippen LogP contribution in [0.25, 0.3) is 0 Å². The number of benzene rings is 3. The van der Waals surface area contributed by atoms with Crippen molar-refractivity contribution in [3.05, 3.63) is 89.5 Å². The Labute approximate surface area is 175 Å². The van der Waals surface area contributed by atoms with E-state index < -0.39 is 0 Å². The third-order valence-corrected chi connectivity index (χ3v) is 5.14. The minimum atomic E-state index is -0.354. The highest BCUT2D eigenvalue weighted by Gasteiger charge is 2.22. The second-order valence-corrected chi connectivity index (χ2v) is 7.11. The molecule has 1 heterocycles. The maximum atomic E-state index is 12.8. The molecule has 0 bridgehead atoms. The number of para-hydroxylation sites is 2. The number of methoxy groups -OCH3 is 1. The SMILES string of the molecule is COc1ccccc1NC(=O)Nc1ccc2c(c1)CN(C(=O)c1ccccc1)CC2. The van der Waals surface area contributed by atoms with E-state index in [1.165, 1.54) is 5.56 Å². The lowest BCUT2D eigenvalue weighted by atomic mass is 9.98. The van der Waals surface area contributed by atoms with E-state index in [2.05, 4.69) is 10.6 Å². The van der Waals surface area contributed by atoms with Crippen LogP contribution in [0.1, 0.15) is 21.5 Å². The zero-order valence-electron chi connectivity index (χ0n) is 16.7. The van der Waals surface area contributed by atoms with Crippen molar-refractivity contribution in [2.24, 2.45) is 0 Å². The number of rotatable bonds is 4. The summed E-state index contributed by atoms with van der Waals surface area (Å²) in [5, 5.41) is 5.66. The summed E-state index contributed by atoms with van der Waals surface area (Å²) in [5.41, 5.74) is 4.19. The monoisotopic (exact) mass is 401 g/mol. The molecule has 1 aliphatic rings. The Morgan fingerprint density at radius 1 is 0.900 bits per heavy atom. The number of ether oxygens (including phenoxy) is 1. The molecule has 0 unspecified atom stereocenters. The molecular formula is C24H23N3O3. The molecule has 0 aromatic heterocycles. The smallest absolute Gasteiger partial charge is 0.323 e.